The van der Waals surface area contributed by atoms with E-state index in [1.54, 1.807) is 0 Å². The van der Waals surface area contributed by atoms with Gasteiger partial charge in [0.1, 0.15) is 11.5 Å². The van der Waals surface area contributed by atoms with Gasteiger partial charge in [-0.15, -0.1) is 0 Å². The Kier molecular flexibility index (Phi) is 5.99. The van der Waals surface area contributed by atoms with Crippen molar-refractivity contribution in [1.29, 1.82) is 0 Å². The topological polar surface area (TPSA) is 13.1 Å². The summed E-state index contributed by atoms with van der Waals surface area (Å²) in [5.41, 5.74) is 1.37. The van der Waals surface area contributed by atoms with E-state index in [4.69, 9.17) is 4.42 Å². The molecule has 16 heavy (non-hydrogen) atoms. The minimum absolute atomic E-state index is 1.01. The molecule has 0 saturated carbocycles. The summed E-state index contributed by atoms with van der Waals surface area (Å²) in [6.07, 6.45) is 11.6. The molecule has 0 amide bonds. The molecule has 0 aliphatic carbocycles. The summed E-state index contributed by atoms with van der Waals surface area (Å²) in [4.78, 5) is 0. The van der Waals surface area contributed by atoms with E-state index in [9.17, 15) is 0 Å². The van der Waals surface area contributed by atoms with Gasteiger partial charge >= 0.3 is 0 Å². The first-order chi connectivity index (χ1) is 7.77. The Bertz CT molecular complexity index is 320. The monoisotopic (exact) mass is 220 g/mol. The van der Waals surface area contributed by atoms with Crippen LogP contribution in [0, 0.1) is 6.92 Å². The van der Waals surface area contributed by atoms with E-state index in [1.165, 1.54) is 37.0 Å². The summed E-state index contributed by atoms with van der Waals surface area (Å²) in [5, 5.41) is 0. The number of hydrogen-bond donors (Lipinski definition) is 0. The third kappa shape index (κ3) is 4.26. The molecule has 1 aromatic rings. The zero-order chi connectivity index (χ0) is 11.8. The molecule has 1 aromatic heterocycles. The van der Waals surface area contributed by atoms with Gasteiger partial charge in [0.05, 0.1) is 0 Å². The molecule has 0 fully saturated rings. The summed E-state index contributed by atoms with van der Waals surface area (Å²) in [7, 11) is 0. The molecule has 90 valence electrons. The normalized spacial score (nSPS) is 11.4. The van der Waals surface area contributed by atoms with Crippen LogP contribution in [-0.2, 0) is 12.8 Å². The molecule has 0 N–H and O–H groups in total. The van der Waals surface area contributed by atoms with E-state index in [0.717, 1.165) is 18.6 Å². The van der Waals surface area contributed by atoms with Crippen molar-refractivity contribution in [2.75, 3.05) is 0 Å². The van der Waals surface area contributed by atoms with Gasteiger partial charge in [-0.25, -0.2) is 0 Å². The molecule has 1 heterocycles. The highest BCUT2D eigenvalue weighted by Gasteiger charge is 2.07. The summed E-state index contributed by atoms with van der Waals surface area (Å²) in [5.74, 6) is 2.25. The molecule has 0 aliphatic heterocycles. The van der Waals surface area contributed by atoms with Crippen LogP contribution in [0.4, 0.5) is 0 Å². The van der Waals surface area contributed by atoms with Crippen LogP contribution < -0.4 is 0 Å². The van der Waals surface area contributed by atoms with Gasteiger partial charge < -0.3 is 4.42 Å². The number of hydrogen-bond acceptors (Lipinski definition) is 1. The summed E-state index contributed by atoms with van der Waals surface area (Å²) < 4.78 is 5.76. The van der Waals surface area contributed by atoms with Crippen molar-refractivity contribution in [1.82, 2.24) is 0 Å². The highest BCUT2D eigenvalue weighted by atomic mass is 16.3. The fourth-order valence-corrected chi connectivity index (χ4v) is 1.96. The second-order valence-electron chi connectivity index (χ2n) is 4.39. The van der Waals surface area contributed by atoms with Crippen LogP contribution in [0.3, 0.4) is 0 Å². The standard InChI is InChI=1S/C15H24O/c1-4-6-8-9-11-15-14(10-7-5-2)12-13(3)16-15/h5,7,12H,4,6,8-11H2,1-3H3/b7-5+. The first-order valence-corrected chi connectivity index (χ1v) is 6.47. The van der Waals surface area contributed by atoms with Crippen LogP contribution in [0.5, 0.6) is 0 Å². The molecule has 0 radical (unpaired) electrons. The van der Waals surface area contributed by atoms with E-state index in [-0.39, 0.29) is 0 Å². The Labute approximate surface area is 99.6 Å². The third-order valence-electron chi connectivity index (χ3n) is 2.85. The summed E-state index contributed by atoms with van der Waals surface area (Å²) >= 11 is 0. The van der Waals surface area contributed by atoms with Crippen LogP contribution in [0.25, 0.3) is 0 Å². The van der Waals surface area contributed by atoms with Crippen molar-refractivity contribution in [3.63, 3.8) is 0 Å². The Balaban J connectivity index is 2.49. The average Bonchev–Trinajstić information content (AvgIpc) is 2.62. The largest absolute Gasteiger partial charge is 0.466 e. The quantitative estimate of drug-likeness (QED) is 0.474. The van der Waals surface area contributed by atoms with Gasteiger partial charge in [0, 0.05) is 6.42 Å². The van der Waals surface area contributed by atoms with Crippen molar-refractivity contribution >= 4 is 0 Å². The van der Waals surface area contributed by atoms with Crippen molar-refractivity contribution in [2.45, 2.75) is 59.3 Å². The van der Waals surface area contributed by atoms with Gasteiger partial charge in [-0.2, -0.15) is 0 Å². The predicted octanol–water partition coefficient (Wildman–Crippen LogP) is 4.83. The zero-order valence-corrected chi connectivity index (χ0v) is 10.9. The van der Waals surface area contributed by atoms with E-state index >= 15 is 0 Å². The van der Waals surface area contributed by atoms with Crippen LogP contribution in [0.15, 0.2) is 22.6 Å². The third-order valence-corrected chi connectivity index (χ3v) is 2.85. The number of rotatable bonds is 7. The number of furan rings is 1. The van der Waals surface area contributed by atoms with Gasteiger partial charge in [0.2, 0.25) is 0 Å². The van der Waals surface area contributed by atoms with E-state index < -0.39 is 0 Å². The van der Waals surface area contributed by atoms with Crippen LogP contribution in [-0.4, -0.2) is 0 Å². The molecule has 1 heteroatoms. The Morgan fingerprint density at radius 1 is 1.25 bits per heavy atom. The second kappa shape index (κ2) is 7.32. The lowest BCUT2D eigenvalue weighted by Gasteiger charge is -2.00. The molecule has 0 aromatic carbocycles. The lowest BCUT2D eigenvalue weighted by Crippen LogP contribution is -1.89. The lowest BCUT2D eigenvalue weighted by atomic mass is 10.1. The van der Waals surface area contributed by atoms with E-state index in [2.05, 4.69) is 32.1 Å². The lowest BCUT2D eigenvalue weighted by molar-refractivity contribution is 0.469. The van der Waals surface area contributed by atoms with Crippen LogP contribution >= 0.6 is 0 Å². The Hall–Kier alpha value is -0.980. The smallest absolute Gasteiger partial charge is 0.107 e. The number of allylic oxidation sites excluding steroid dienone is 2. The van der Waals surface area contributed by atoms with Gasteiger partial charge in [0.15, 0.2) is 0 Å². The fraction of sp³-hybridized carbons (Fsp3) is 0.600. The van der Waals surface area contributed by atoms with Gasteiger partial charge in [-0.1, -0.05) is 38.3 Å². The zero-order valence-electron chi connectivity index (χ0n) is 10.9. The van der Waals surface area contributed by atoms with E-state index in [1.807, 2.05) is 6.92 Å². The number of unbranched alkanes of at least 4 members (excludes halogenated alkanes) is 3. The minimum Gasteiger partial charge on any atom is -0.466 e. The Morgan fingerprint density at radius 2 is 2.06 bits per heavy atom. The average molecular weight is 220 g/mol. The minimum atomic E-state index is 1.01. The van der Waals surface area contributed by atoms with E-state index in [0.29, 0.717) is 0 Å². The predicted molar refractivity (Wildman–Crippen MR) is 69.8 cm³/mol. The van der Waals surface area contributed by atoms with Crippen LogP contribution in [0.2, 0.25) is 0 Å². The SMILES string of the molecule is C/C=C/Cc1cc(C)oc1CCCCCC. The molecule has 0 aliphatic rings. The molecule has 1 nitrogen and oxygen atoms in total. The Morgan fingerprint density at radius 3 is 2.75 bits per heavy atom. The molecule has 0 saturated heterocycles. The van der Waals surface area contributed by atoms with Gasteiger partial charge in [-0.05, 0) is 38.3 Å². The number of aryl methyl sites for hydroxylation is 2. The van der Waals surface area contributed by atoms with Crippen molar-refractivity contribution in [3.8, 4) is 0 Å². The maximum atomic E-state index is 5.76. The highest BCUT2D eigenvalue weighted by molar-refractivity contribution is 5.23. The maximum absolute atomic E-state index is 5.76. The van der Waals surface area contributed by atoms with Crippen molar-refractivity contribution in [3.05, 3.63) is 35.3 Å². The van der Waals surface area contributed by atoms with Crippen molar-refractivity contribution in [2.24, 2.45) is 0 Å². The van der Waals surface area contributed by atoms with Gasteiger partial charge in [-0.3, -0.25) is 0 Å². The second-order valence-corrected chi connectivity index (χ2v) is 4.39. The van der Waals surface area contributed by atoms with Crippen molar-refractivity contribution < 1.29 is 4.42 Å². The molecule has 0 spiro atoms. The van der Waals surface area contributed by atoms with Crippen LogP contribution in [0.1, 0.15) is 56.6 Å². The summed E-state index contributed by atoms with van der Waals surface area (Å²) in [6, 6.07) is 2.18. The summed E-state index contributed by atoms with van der Waals surface area (Å²) in [6.45, 7) is 6.34. The first kappa shape index (κ1) is 13.1. The first-order valence-electron chi connectivity index (χ1n) is 6.47. The maximum Gasteiger partial charge on any atom is 0.107 e. The molecular formula is C15H24O. The fourth-order valence-electron chi connectivity index (χ4n) is 1.96. The van der Waals surface area contributed by atoms with Gasteiger partial charge in [0.25, 0.3) is 0 Å². The molecule has 0 bridgehead atoms. The highest BCUT2D eigenvalue weighted by Crippen LogP contribution is 2.19. The molecule has 0 unspecified atom stereocenters. The molecule has 1 rings (SSSR count). The molecular weight excluding hydrogens is 196 g/mol. The molecule has 0 atom stereocenters.